The standard InChI is InChI=1S/C27H37N5O3S/c1-3-5-17-28-23(33)16-15-21-26(35)32-24(30-21)19-13-9-10-14-20(19)31-27(32)36-22(4-2)25(34)29-18-11-7-6-8-12-18/h9-10,13-14,18,21-22H,3-8,11-12,15-17H2,1-2H3,(H,28,33)(H,29,34)/t21-,22-/m0/s1. The number of nitrogens with one attached hydrogen (secondary N) is 2. The van der Waals surface area contributed by atoms with E-state index in [-0.39, 0.29) is 35.4 Å². The number of unbranched alkanes of at least 4 members (excludes halogenated alkanes) is 1. The summed E-state index contributed by atoms with van der Waals surface area (Å²) < 4.78 is 0. The summed E-state index contributed by atoms with van der Waals surface area (Å²) in [4.78, 5) is 49.9. The van der Waals surface area contributed by atoms with Gasteiger partial charge in [-0.15, -0.1) is 0 Å². The first-order chi connectivity index (χ1) is 17.5. The quantitative estimate of drug-likeness (QED) is 0.457. The molecule has 0 unspecified atom stereocenters. The molecule has 0 radical (unpaired) electrons. The smallest absolute Gasteiger partial charge is 0.259 e. The molecule has 2 aliphatic heterocycles. The number of aliphatic imine (C=N–C) groups is 2. The Morgan fingerprint density at radius 2 is 1.94 bits per heavy atom. The van der Waals surface area contributed by atoms with Crippen molar-refractivity contribution in [1.29, 1.82) is 0 Å². The summed E-state index contributed by atoms with van der Waals surface area (Å²) in [5.74, 6) is 0.318. The maximum absolute atomic E-state index is 13.5. The number of carbonyl (C=O) groups is 3. The van der Waals surface area contributed by atoms with Gasteiger partial charge in [0, 0.05) is 24.6 Å². The van der Waals surface area contributed by atoms with Crippen LogP contribution in [0.25, 0.3) is 0 Å². The molecule has 9 heteroatoms. The van der Waals surface area contributed by atoms with E-state index in [2.05, 4.69) is 17.6 Å². The van der Waals surface area contributed by atoms with E-state index >= 15 is 0 Å². The maximum Gasteiger partial charge on any atom is 0.259 e. The van der Waals surface area contributed by atoms with Crippen LogP contribution in [0.3, 0.4) is 0 Å². The molecule has 3 amide bonds. The minimum Gasteiger partial charge on any atom is -0.356 e. The molecule has 1 aromatic carbocycles. The molecule has 0 saturated heterocycles. The zero-order valence-electron chi connectivity index (χ0n) is 21.3. The predicted molar refractivity (Wildman–Crippen MR) is 145 cm³/mol. The van der Waals surface area contributed by atoms with Gasteiger partial charge < -0.3 is 10.6 Å². The van der Waals surface area contributed by atoms with Crippen LogP contribution in [0.1, 0.15) is 83.6 Å². The summed E-state index contributed by atoms with van der Waals surface area (Å²) in [6, 6.07) is 7.21. The Balaban J connectivity index is 1.48. The van der Waals surface area contributed by atoms with Gasteiger partial charge in [-0.1, -0.05) is 63.4 Å². The van der Waals surface area contributed by atoms with Gasteiger partial charge in [0.05, 0.1) is 10.9 Å². The Morgan fingerprint density at radius 1 is 1.17 bits per heavy atom. The summed E-state index contributed by atoms with van der Waals surface area (Å²) in [7, 11) is 0. The minimum absolute atomic E-state index is 0.00129. The zero-order chi connectivity index (χ0) is 25.5. The molecular formula is C27H37N5O3S. The zero-order valence-corrected chi connectivity index (χ0v) is 22.1. The van der Waals surface area contributed by atoms with Crippen molar-refractivity contribution in [2.45, 2.75) is 95.4 Å². The van der Waals surface area contributed by atoms with E-state index < -0.39 is 6.04 Å². The van der Waals surface area contributed by atoms with Gasteiger partial charge in [-0.25, -0.2) is 9.89 Å². The molecular weight excluding hydrogens is 474 g/mol. The summed E-state index contributed by atoms with van der Waals surface area (Å²) >= 11 is 1.33. The normalized spacial score (nSPS) is 20.2. The van der Waals surface area contributed by atoms with Crippen LogP contribution in [0.2, 0.25) is 0 Å². The number of fused-ring (bicyclic) bond motifs is 3. The van der Waals surface area contributed by atoms with Gasteiger partial charge in [0.2, 0.25) is 11.8 Å². The Morgan fingerprint density at radius 3 is 2.69 bits per heavy atom. The Bertz CT molecular complexity index is 1030. The van der Waals surface area contributed by atoms with Crippen LogP contribution in [0, 0.1) is 0 Å². The lowest BCUT2D eigenvalue weighted by Crippen LogP contribution is -2.45. The highest BCUT2D eigenvalue weighted by atomic mass is 32.2. The van der Waals surface area contributed by atoms with Crippen LogP contribution in [0.4, 0.5) is 5.69 Å². The fourth-order valence-corrected chi connectivity index (χ4v) is 5.85. The molecule has 2 atom stereocenters. The van der Waals surface area contributed by atoms with Crippen LogP contribution >= 0.6 is 11.8 Å². The summed E-state index contributed by atoms with van der Waals surface area (Å²) in [6.45, 7) is 4.71. The number of para-hydroxylation sites is 1. The van der Waals surface area contributed by atoms with Gasteiger partial charge in [0.25, 0.3) is 5.91 Å². The molecule has 2 N–H and O–H groups in total. The lowest BCUT2D eigenvalue weighted by molar-refractivity contribution is -0.125. The minimum atomic E-state index is -0.634. The highest BCUT2D eigenvalue weighted by Crippen LogP contribution is 2.36. The number of nitrogens with zero attached hydrogens (tertiary/aromatic N) is 3. The van der Waals surface area contributed by atoms with Gasteiger partial charge in [-0.05, 0) is 44.2 Å². The number of hydrogen-bond donors (Lipinski definition) is 2. The third-order valence-corrected chi connectivity index (χ3v) is 8.22. The Kier molecular flexibility index (Phi) is 9.18. The molecule has 1 fully saturated rings. The van der Waals surface area contributed by atoms with Crippen molar-refractivity contribution in [3.8, 4) is 0 Å². The molecule has 3 aliphatic rings. The van der Waals surface area contributed by atoms with Crippen molar-refractivity contribution in [3.63, 3.8) is 0 Å². The highest BCUT2D eigenvalue weighted by Gasteiger charge is 2.42. The van der Waals surface area contributed by atoms with Crippen LogP contribution in [-0.2, 0) is 14.4 Å². The molecule has 0 bridgehead atoms. The maximum atomic E-state index is 13.5. The van der Waals surface area contributed by atoms with E-state index in [1.165, 1.54) is 18.2 Å². The van der Waals surface area contributed by atoms with Crippen LogP contribution in [-0.4, -0.2) is 57.5 Å². The SMILES string of the molecule is CCCCNC(=O)CC[C@@H]1N=C2c3ccccc3N=C(S[C@@H](CC)C(=O)NC3CCCCC3)N2C1=O. The van der Waals surface area contributed by atoms with Crippen LogP contribution in [0.5, 0.6) is 0 Å². The number of rotatable bonds is 10. The molecule has 194 valence electrons. The second-order valence-corrected chi connectivity index (χ2v) is 10.8. The fraction of sp³-hybridized carbons (Fsp3) is 0.593. The predicted octanol–water partition coefficient (Wildman–Crippen LogP) is 4.30. The first kappa shape index (κ1) is 26.4. The van der Waals surface area contributed by atoms with Gasteiger partial charge >= 0.3 is 0 Å². The lowest BCUT2D eigenvalue weighted by atomic mass is 9.95. The molecule has 36 heavy (non-hydrogen) atoms. The Hall–Kier alpha value is -2.68. The van der Waals surface area contributed by atoms with Crippen molar-refractivity contribution in [2.24, 2.45) is 9.98 Å². The van der Waals surface area contributed by atoms with Gasteiger partial charge in [-0.2, -0.15) is 0 Å². The lowest BCUT2D eigenvalue weighted by Gasteiger charge is -2.29. The molecule has 1 saturated carbocycles. The third kappa shape index (κ3) is 6.17. The molecule has 4 rings (SSSR count). The van der Waals surface area contributed by atoms with Gasteiger partial charge in [0.1, 0.15) is 11.9 Å². The van der Waals surface area contributed by atoms with Gasteiger partial charge in [0.15, 0.2) is 5.17 Å². The number of carbonyl (C=O) groups excluding carboxylic acids is 3. The van der Waals surface area contributed by atoms with Crippen molar-refractivity contribution in [1.82, 2.24) is 15.5 Å². The highest BCUT2D eigenvalue weighted by molar-refractivity contribution is 8.15. The number of thioether (sulfide) groups is 1. The summed E-state index contributed by atoms with van der Waals surface area (Å²) in [5, 5.41) is 6.25. The van der Waals surface area contributed by atoms with E-state index in [9.17, 15) is 14.4 Å². The van der Waals surface area contributed by atoms with Crippen molar-refractivity contribution in [3.05, 3.63) is 29.8 Å². The van der Waals surface area contributed by atoms with E-state index in [1.54, 1.807) is 4.90 Å². The van der Waals surface area contributed by atoms with Gasteiger partial charge in [-0.3, -0.25) is 19.4 Å². The van der Waals surface area contributed by atoms with E-state index in [1.807, 2.05) is 31.2 Å². The number of amides is 3. The topological polar surface area (TPSA) is 103 Å². The molecule has 0 spiro atoms. The molecule has 2 heterocycles. The van der Waals surface area contributed by atoms with E-state index in [0.717, 1.165) is 49.8 Å². The average Bonchev–Trinajstić information content (AvgIpc) is 3.23. The van der Waals surface area contributed by atoms with Crippen molar-refractivity contribution in [2.75, 3.05) is 6.54 Å². The first-order valence-corrected chi connectivity index (χ1v) is 14.2. The molecule has 1 aliphatic carbocycles. The average molecular weight is 512 g/mol. The van der Waals surface area contributed by atoms with Crippen LogP contribution < -0.4 is 10.6 Å². The summed E-state index contributed by atoms with van der Waals surface area (Å²) in [6.07, 6.45) is 8.74. The third-order valence-electron chi connectivity index (χ3n) is 6.91. The van der Waals surface area contributed by atoms with Crippen molar-refractivity contribution < 1.29 is 14.4 Å². The molecule has 0 aromatic heterocycles. The fourth-order valence-electron chi connectivity index (χ4n) is 4.82. The number of hydrogen-bond acceptors (Lipinski definition) is 6. The Labute approximate surface area is 217 Å². The number of amidine groups is 2. The second kappa shape index (κ2) is 12.5. The van der Waals surface area contributed by atoms with E-state index in [0.29, 0.717) is 30.4 Å². The largest absolute Gasteiger partial charge is 0.356 e. The first-order valence-electron chi connectivity index (χ1n) is 13.3. The van der Waals surface area contributed by atoms with E-state index in [4.69, 9.17) is 9.98 Å². The van der Waals surface area contributed by atoms with Crippen molar-refractivity contribution >= 4 is 46.2 Å². The second-order valence-electron chi connectivity index (χ2n) is 9.65. The molecule has 1 aromatic rings. The number of benzene rings is 1. The van der Waals surface area contributed by atoms with Crippen LogP contribution in [0.15, 0.2) is 34.3 Å². The summed E-state index contributed by atoms with van der Waals surface area (Å²) in [5.41, 5.74) is 1.54. The molecule has 8 nitrogen and oxygen atoms in total. The monoisotopic (exact) mass is 511 g/mol.